The number of hydrogen-bond donors (Lipinski definition) is 4. The molecule has 7 rings (SSSR count). The molecular weight excluding hydrogens is 560 g/mol. The van der Waals surface area contributed by atoms with E-state index in [1.807, 2.05) is 0 Å². The van der Waals surface area contributed by atoms with Crippen molar-refractivity contribution in [1.82, 2.24) is 0 Å². The van der Waals surface area contributed by atoms with Crippen molar-refractivity contribution in [3.8, 4) is 0 Å². The first kappa shape index (κ1) is 32.5. The Hall–Kier alpha value is -1.01. The van der Waals surface area contributed by atoms with Gasteiger partial charge in [-0.2, -0.15) is 0 Å². The minimum absolute atomic E-state index is 0.0248. The maximum Gasteiger partial charge on any atom is 0.159 e. The van der Waals surface area contributed by atoms with Crippen molar-refractivity contribution in [3.05, 3.63) is 22.8 Å². The highest BCUT2D eigenvalue weighted by atomic mass is 16.3. The predicted molar refractivity (Wildman–Crippen MR) is 177 cm³/mol. The van der Waals surface area contributed by atoms with E-state index in [1.54, 1.807) is 11.6 Å². The SMILES string of the molecule is CC(C)/C(C[C@@H](O)[C@H]1CCCC[C@H]2C[C@H]3C(=CC(=O)[C@@H]4C[C@@H](O)[C@@H](O)C[C@@]43C)[C@]3(O)CC[C@H]1[C@@]23C)=C1\CCCC2(CCCC2)C1. The molecule has 1 spiro atoms. The lowest BCUT2D eigenvalue weighted by molar-refractivity contribution is -0.171. The van der Waals surface area contributed by atoms with E-state index in [4.69, 9.17) is 0 Å². The van der Waals surface area contributed by atoms with Gasteiger partial charge in [0.1, 0.15) is 0 Å². The summed E-state index contributed by atoms with van der Waals surface area (Å²) in [7, 11) is 0. The maximum atomic E-state index is 13.7. The molecule has 4 N–H and O–H groups in total. The molecule has 0 heterocycles. The van der Waals surface area contributed by atoms with Crippen LogP contribution >= 0.6 is 0 Å². The fourth-order valence-electron chi connectivity index (χ4n) is 13.4. The minimum Gasteiger partial charge on any atom is -0.392 e. The molecule has 0 unspecified atom stereocenters. The highest BCUT2D eigenvalue weighted by Crippen LogP contribution is 2.71. The van der Waals surface area contributed by atoms with Gasteiger partial charge in [-0.3, -0.25) is 4.79 Å². The third kappa shape index (κ3) is 4.93. The summed E-state index contributed by atoms with van der Waals surface area (Å²) in [5.74, 6) is 0.881. The van der Waals surface area contributed by atoms with E-state index >= 15 is 0 Å². The van der Waals surface area contributed by atoms with Gasteiger partial charge in [0, 0.05) is 11.3 Å². The van der Waals surface area contributed by atoms with Crippen molar-refractivity contribution in [2.24, 2.45) is 51.8 Å². The van der Waals surface area contributed by atoms with Crippen molar-refractivity contribution in [2.45, 2.75) is 167 Å². The molecule has 45 heavy (non-hydrogen) atoms. The first-order valence-electron chi connectivity index (χ1n) is 19.1. The Morgan fingerprint density at radius 3 is 2.36 bits per heavy atom. The van der Waals surface area contributed by atoms with Gasteiger partial charge in [-0.1, -0.05) is 64.5 Å². The first-order chi connectivity index (χ1) is 21.3. The average molecular weight is 623 g/mol. The van der Waals surface area contributed by atoms with Crippen LogP contribution in [-0.4, -0.2) is 50.1 Å². The van der Waals surface area contributed by atoms with Crippen molar-refractivity contribution in [3.63, 3.8) is 0 Å². The number of aliphatic hydroxyl groups is 4. The summed E-state index contributed by atoms with van der Waals surface area (Å²) in [5, 5.41) is 46.6. The molecule has 0 aromatic heterocycles. The molecule has 5 heteroatoms. The molecule has 0 aromatic rings. The van der Waals surface area contributed by atoms with Crippen LogP contribution in [-0.2, 0) is 4.79 Å². The summed E-state index contributed by atoms with van der Waals surface area (Å²) in [4.78, 5) is 13.7. The van der Waals surface area contributed by atoms with E-state index < -0.39 is 29.3 Å². The fourth-order valence-corrected chi connectivity index (χ4v) is 13.4. The summed E-state index contributed by atoms with van der Waals surface area (Å²) in [6.45, 7) is 9.14. The van der Waals surface area contributed by atoms with Crippen LogP contribution in [0, 0.1) is 51.8 Å². The molecule has 5 nitrogen and oxygen atoms in total. The van der Waals surface area contributed by atoms with Gasteiger partial charge in [0.25, 0.3) is 0 Å². The first-order valence-corrected chi connectivity index (χ1v) is 19.1. The largest absolute Gasteiger partial charge is 0.392 e. The van der Waals surface area contributed by atoms with E-state index in [9.17, 15) is 25.2 Å². The van der Waals surface area contributed by atoms with Gasteiger partial charge in [0.05, 0.1) is 23.9 Å². The Kier molecular flexibility index (Phi) is 8.35. The second-order valence-corrected chi connectivity index (χ2v) is 18.1. The lowest BCUT2D eigenvalue weighted by Crippen LogP contribution is -2.64. The third-order valence-corrected chi connectivity index (χ3v) is 15.9. The van der Waals surface area contributed by atoms with Gasteiger partial charge in [0.2, 0.25) is 0 Å². The molecule has 6 saturated carbocycles. The maximum absolute atomic E-state index is 13.7. The van der Waals surface area contributed by atoms with Crippen LogP contribution in [0.5, 0.6) is 0 Å². The zero-order chi connectivity index (χ0) is 31.9. The summed E-state index contributed by atoms with van der Waals surface area (Å²) in [6.07, 6.45) is 18.6. The van der Waals surface area contributed by atoms with Gasteiger partial charge >= 0.3 is 0 Å². The van der Waals surface area contributed by atoms with E-state index in [0.29, 0.717) is 36.5 Å². The number of allylic oxidation sites excluding steroid dienone is 2. The molecule has 6 fully saturated rings. The van der Waals surface area contributed by atoms with Crippen molar-refractivity contribution in [1.29, 1.82) is 0 Å². The number of aliphatic hydroxyl groups excluding tert-OH is 3. The van der Waals surface area contributed by atoms with E-state index in [0.717, 1.165) is 50.5 Å². The third-order valence-electron chi connectivity index (χ3n) is 15.9. The molecule has 7 aliphatic carbocycles. The molecule has 7 aliphatic rings. The quantitative estimate of drug-likeness (QED) is 0.244. The molecule has 0 aliphatic heterocycles. The number of fused-ring (bicyclic) bond motifs is 4. The normalized spacial score (nSPS) is 47.8. The summed E-state index contributed by atoms with van der Waals surface area (Å²) in [5.41, 5.74) is 2.71. The van der Waals surface area contributed by atoms with Crippen LogP contribution in [0.1, 0.15) is 143 Å². The molecule has 0 radical (unpaired) electrons. The summed E-state index contributed by atoms with van der Waals surface area (Å²) >= 11 is 0. The lowest BCUT2D eigenvalue weighted by atomic mass is 9.42. The standard InChI is InChI=1S/C40H62O5/c1-24(2)28(25-10-9-16-39(22-25)14-7-8-15-39)19-33(41)27-12-6-5-11-26-18-30-31(40(45)17-13-29(27)38(26,40)4)20-34(42)32-21-35(43)36(44)23-37(30,32)3/h20,24,26-27,29-30,32-33,35-36,41,43-45H,5-19,21-23H2,1-4H3/b28-25+/t26-,27-,29+,30-,32-,33+,35+,36-,37+,38+,40+/m0/s1. The average Bonchev–Trinajstić information content (AvgIpc) is 3.54. The van der Waals surface area contributed by atoms with Gasteiger partial charge in [-0.25, -0.2) is 0 Å². The van der Waals surface area contributed by atoms with E-state index in [-0.39, 0.29) is 34.9 Å². The molecule has 252 valence electrons. The Labute approximate surface area is 272 Å². The zero-order valence-corrected chi connectivity index (χ0v) is 28.7. The second kappa shape index (κ2) is 11.6. The van der Waals surface area contributed by atoms with Gasteiger partial charge in [0.15, 0.2) is 5.78 Å². The number of carbonyl (C=O) groups is 1. The van der Waals surface area contributed by atoms with Gasteiger partial charge in [-0.05, 0) is 142 Å². The van der Waals surface area contributed by atoms with Crippen molar-refractivity contribution >= 4 is 5.78 Å². The number of rotatable bonds is 4. The smallest absolute Gasteiger partial charge is 0.159 e. The molecule has 0 saturated heterocycles. The van der Waals surface area contributed by atoms with E-state index in [1.165, 1.54) is 56.9 Å². The van der Waals surface area contributed by atoms with Crippen LogP contribution in [0.25, 0.3) is 0 Å². The van der Waals surface area contributed by atoms with Crippen LogP contribution in [0.4, 0.5) is 0 Å². The molecular formula is C40H62O5. The highest BCUT2D eigenvalue weighted by molar-refractivity contribution is 5.95. The molecule has 0 amide bonds. The number of carbonyl (C=O) groups excluding carboxylic acids is 1. The Morgan fingerprint density at radius 1 is 0.911 bits per heavy atom. The predicted octanol–water partition coefficient (Wildman–Crippen LogP) is 7.45. The number of ketones is 1. The summed E-state index contributed by atoms with van der Waals surface area (Å²) < 4.78 is 0. The van der Waals surface area contributed by atoms with Crippen molar-refractivity contribution in [2.75, 3.05) is 0 Å². The summed E-state index contributed by atoms with van der Waals surface area (Å²) in [6, 6.07) is 0. The van der Waals surface area contributed by atoms with E-state index in [2.05, 4.69) is 27.7 Å². The fraction of sp³-hybridized carbons (Fsp3) is 0.875. The Morgan fingerprint density at radius 2 is 1.62 bits per heavy atom. The van der Waals surface area contributed by atoms with Crippen LogP contribution < -0.4 is 0 Å². The minimum atomic E-state index is -1.07. The van der Waals surface area contributed by atoms with Crippen LogP contribution in [0.3, 0.4) is 0 Å². The van der Waals surface area contributed by atoms with Crippen LogP contribution in [0.2, 0.25) is 0 Å². The van der Waals surface area contributed by atoms with Crippen molar-refractivity contribution < 1.29 is 25.2 Å². The zero-order valence-electron chi connectivity index (χ0n) is 28.7. The van der Waals surface area contributed by atoms with Crippen LogP contribution in [0.15, 0.2) is 22.8 Å². The highest BCUT2D eigenvalue weighted by Gasteiger charge is 2.70. The Bertz CT molecular complexity index is 1230. The molecule has 0 bridgehead atoms. The second-order valence-electron chi connectivity index (χ2n) is 18.1. The molecule has 0 aromatic carbocycles. The molecule has 11 atom stereocenters. The van der Waals surface area contributed by atoms with Gasteiger partial charge in [-0.15, -0.1) is 0 Å². The monoisotopic (exact) mass is 622 g/mol. The topological polar surface area (TPSA) is 98.0 Å². The Balaban J connectivity index is 1.21. The lowest BCUT2D eigenvalue weighted by Gasteiger charge is -2.63. The number of hydrogen-bond acceptors (Lipinski definition) is 5. The van der Waals surface area contributed by atoms with Gasteiger partial charge < -0.3 is 20.4 Å².